The van der Waals surface area contributed by atoms with Crippen LogP contribution in [0, 0.1) is 0 Å². The van der Waals surface area contributed by atoms with Crippen LogP contribution in [0.3, 0.4) is 0 Å². The Balaban J connectivity index is 1.50. The highest BCUT2D eigenvalue weighted by molar-refractivity contribution is 5.28. The Kier molecular flexibility index (Phi) is 7.90. The highest BCUT2D eigenvalue weighted by atomic mass is 16.7. The van der Waals surface area contributed by atoms with Crippen LogP contribution >= 0.6 is 0 Å². The Labute approximate surface area is 169 Å². The summed E-state index contributed by atoms with van der Waals surface area (Å²) >= 11 is 0. The Morgan fingerprint density at radius 1 is 1.07 bits per heavy atom. The highest BCUT2D eigenvalue weighted by Gasteiger charge is 2.17. The molecule has 2 unspecified atom stereocenters. The molecule has 0 aliphatic carbocycles. The van der Waals surface area contributed by atoms with Crippen LogP contribution in [-0.4, -0.2) is 35.5 Å². The second-order valence-electron chi connectivity index (χ2n) is 7.84. The van der Waals surface area contributed by atoms with Gasteiger partial charge in [0.2, 0.25) is 0 Å². The third-order valence-corrected chi connectivity index (χ3v) is 5.32. The van der Waals surface area contributed by atoms with Gasteiger partial charge >= 0.3 is 0 Å². The van der Waals surface area contributed by atoms with Gasteiger partial charge in [-0.1, -0.05) is 42.5 Å². The topological polar surface area (TPSA) is 41.9 Å². The maximum absolute atomic E-state index is 10.6. The van der Waals surface area contributed by atoms with Crippen molar-refractivity contribution in [3.63, 3.8) is 0 Å². The molecule has 4 nitrogen and oxygen atoms in total. The summed E-state index contributed by atoms with van der Waals surface area (Å²) in [4.78, 5) is 2.40. The monoisotopic (exact) mass is 383 g/mol. The third kappa shape index (κ3) is 6.33. The van der Waals surface area contributed by atoms with Crippen LogP contribution in [0.25, 0.3) is 0 Å². The molecule has 2 atom stereocenters. The van der Waals surface area contributed by atoms with Gasteiger partial charge in [-0.05, 0) is 56.4 Å². The molecular formula is C24H33NO3. The lowest BCUT2D eigenvalue weighted by atomic mass is 10.1. The minimum atomic E-state index is -0.475. The summed E-state index contributed by atoms with van der Waals surface area (Å²) < 4.78 is 11.5. The molecule has 0 aromatic heterocycles. The van der Waals surface area contributed by atoms with Crippen molar-refractivity contribution in [2.75, 3.05) is 13.2 Å². The fraction of sp³-hybridized carbons (Fsp3) is 0.500. The molecule has 3 rings (SSSR count). The molecule has 1 aliphatic heterocycles. The second kappa shape index (κ2) is 10.6. The molecule has 0 radical (unpaired) electrons. The predicted octanol–water partition coefficient (Wildman–Crippen LogP) is 4.93. The number of benzene rings is 2. The zero-order chi connectivity index (χ0) is 19.8. The van der Waals surface area contributed by atoms with Gasteiger partial charge in [-0.15, -0.1) is 0 Å². The first kappa shape index (κ1) is 20.8. The number of ether oxygens (including phenoxy) is 2. The Bertz CT molecular complexity index is 681. The van der Waals surface area contributed by atoms with Gasteiger partial charge in [0, 0.05) is 25.6 Å². The van der Waals surface area contributed by atoms with Gasteiger partial charge in [0.05, 0.1) is 12.7 Å². The molecule has 0 spiro atoms. The van der Waals surface area contributed by atoms with Crippen molar-refractivity contribution in [1.29, 1.82) is 0 Å². The minimum Gasteiger partial charge on any atom is -0.465 e. The van der Waals surface area contributed by atoms with E-state index in [-0.39, 0.29) is 6.29 Å². The number of nitrogens with zero attached hydrogens (tertiary/aromatic N) is 1. The lowest BCUT2D eigenvalue weighted by Gasteiger charge is -2.27. The quantitative estimate of drug-likeness (QED) is 0.667. The fourth-order valence-corrected chi connectivity index (χ4v) is 3.52. The van der Waals surface area contributed by atoms with Crippen molar-refractivity contribution in [1.82, 2.24) is 4.90 Å². The van der Waals surface area contributed by atoms with Crippen molar-refractivity contribution in [2.45, 2.75) is 64.5 Å². The summed E-state index contributed by atoms with van der Waals surface area (Å²) in [6.45, 7) is 6.93. The standard InChI is InChI=1S/C24H33NO3/c1-19(2)25(18-20-8-4-3-5-9-20)16-15-23(26)21-11-13-22(14-12-21)28-24-10-6-7-17-27-24/h3-5,8-9,11-14,19,23-24,26H,6-7,10,15-18H2,1-2H3. The van der Waals surface area contributed by atoms with E-state index in [1.807, 2.05) is 30.3 Å². The first-order valence-electron chi connectivity index (χ1n) is 10.5. The number of aliphatic hydroxyl groups is 1. The maximum Gasteiger partial charge on any atom is 0.199 e. The van der Waals surface area contributed by atoms with Crippen LogP contribution in [0.1, 0.15) is 56.8 Å². The first-order valence-corrected chi connectivity index (χ1v) is 10.5. The highest BCUT2D eigenvalue weighted by Crippen LogP contribution is 2.24. The van der Waals surface area contributed by atoms with Gasteiger partial charge in [0.15, 0.2) is 6.29 Å². The van der Waals surface area contributed by atoms with Gasteiger partial charge in [0.1, 0.15) is 5.75 Å². The third-order valence-electron chi connectivity index (χ3n) is 5.32. The van der Waals surface area contributed by atoms with Crippen molar-refractivity contribution < 1.29 is 14.6 Å². The molecule has 1 heterocycles. The van der Waals surface area contributed by atoms with Gasteiger partial charge in [-0.25, -0.2) is 0 Å². The molecule has 0 amide bonds. The summed E-state index contributed by atoms with van der Waals surface area (Å²) in [6.07, 6.45) is 3.30. The van der Waals surface area contributed by atoms with Crippen LogP contribution in [0.2, 0.25) is 0 Å². The van der Waals surface area contributed by atoms with Crippen molar-refractivity contribution in [3.8, 4) is 5.75 Å². The number of aliphatic hydroxyl groups excluding tert-OH is 1. The van der Waals surface area contributed by atoms with Crippen molar-refractivity contribution in [3.05, 3.63) is 65.7 Å². The largest absolute Gasteiger partial charge is 0.465 e. The maximum atomic E-state index is 10.6. The summed E-state index contributed by atoms with van der Waals surface area (Å²) in [5, 5.41) is 10.6. The van der Waals surface area contributed by atoms with Gasteiger partial charge in [-0.3, -0.25) is 4.90 Å². The molecule has 1 aliphatic rings. The summed E-state index contributed by atoms with van der Waals surface area (Å²) in [7, 11) is 0. The number of rotatable bonds is 9. The molecule has 152 valence electrons. The zero-order valence-electron chi connectivity index (χ0n) is 17.1. The van der Waals surface area contributed by atoms with E-state index < -0.39 is 6.10 Å². The second-order valence-corrected chi connectivity index (χ2v) is 7.84. The summed E-state index contributed by atoms with van der Waals surface area (Å²) in [5.41, 5.74) is 2.23. The van der Waals surface area contributed by atoms with Crippen LogP contribution in [-0.2, 0) is 11.3 Å². The smallest absolute Gasteiger partial charge is 0.199 e. The Morgan fingerprint density at radius 2 is 1.82 bits per heavy atom. The van der Waals surface area contributed by atoms with E-state index in [4.69, 9.17) is 9.47 Å². The molecule has 1 fully saturated rings. The Morgan fingerprint density at radius 3 is 2.46 bits per heavy atom. The average Bonchev–Trinajstić information content (AvgIpc) is 2.73. The molecule has 0 saturated carbocycles. The molecule has 1 N–H and O–H groups in total. The lowest BCUT2D eigenvalue weighted by molar-refractivity contribution is -0.105. The fourth-order valence-electron chi connectivity index (χ4n) is 3.52. The van der Waals surface area contributed by atoms with E-state index in [2.05, 4.69) is 43.0 Å². The van der Waals surface area contributed by atoms with Gasteiger partial charge < -0.3 is 14.6 Å². The van der Waals surface area contributed by atoms with E-state index in [9.17, 15) is 5.11 Å². The first-order chi connectivity index (χ1) is 13.6. The average molecular weight is 384 g/mol. The molecule has 2 aromatic rings. The molecule has 0 bridgehead atoms. The molecular weight excluding hydrogens is 350 g/mol. The van der Waals surface area contributed by atoms with Crippen molar-refractivity contribution >= 4 is 0 Å². The van der Waals surface area contributed by atoms with Crippen LogP contribution in [0.5, 0.6) is 5.75 Å². The SMILES string of the molecule is CC(C)N(CCC(O)c1ccc(OC2CCCCO2)cc1)Cc1ccccc1. The van der Waals surface area contributed by atoms with Crippen LogP contribution in [0.4, 0.5) is 0 Å². The van der Waals surface area contributed by atoms with Crippen LogP contribution in [0.15, 0.2) is 54.6 Å². The van der Waals surface area contributed by atoms with Gasteiger partial charge in [0.25, 0.3) is 0 Å². The van der Waals surface area contributed by atoms with E-state index in [1.54, 1.807) is 0 Å². The molecule has 28 heavy (non-hydrogen) atoms. The molecule has 4 heteroatoms. The Hall–Kier alpha value is -1.88. The van der Waals surface area contributed by atoms with E-state index in [0.717, 1.165) is 50.3 Å². The minimum absolute atomic E-state index is 0.137. The number of hydrogen-bond donors (Lipinski definition) is 1. The normalized spacial score (nSPS) is 18.4. The van der Waals surface area contributed by atoms with E-state index in [1.165, 1.54) is 5.56 Å². The van der Waals surface area contributed by atoms with E-state index in [0.29, 0.717) is 12.5 Å². The molecule has 1 saturated heterocycles. The molecule has 2 aromatic carbocycles. The summed E-state index contributed by atoms with van der Waals surface area (Å²) in [6, 6.07) is 18.7. The number of hydrogen-bond acceptors (Lipinski definition) is 4. The zero-order valence-corrected chi connectivity index (χ0v) is 17.1. The van der Waals surface area contributed by atoms with Crippen molar-refractivity contribution in [2.24, 2.45) is 0 Å². The van der Waals surface area contributed by atoms with Crippen LogP contribution < -0.4 is 4.74 Å². The van der Waals surface area contributed by atoms with E-state index >= 15 is 0 Å². The summed E-state index contributed by atoms with van der Waals surface area (Å²) in [5.74, 6) is 0.802. The predicted molar refractivity (Wildman–Crippen MR) is 112 cm³/mol. The lowest BCUT2D eigenvalue weighted by Crippen LogP contribution is -2.32. The van der Waals surface area contributed by atoms with Gasteiger partial charge in [-0.2, -0.15) is 0 Å².